The predicted molar refractivity (Wildman–Crippen MR) is 75.4 cm³/mol. The van der Waals surface area contributed by atoms with Gasteiger partial charge in [-0.3, -0.25) is 0 Å². The van der Waals surface area contributed by atoms with Gasteiger partial charge in [-0.1, -0.05) is 23.7 Å². The molecule has 0 spiro atoms. The normalized spacial score (nSPS) is 10.6. The van der Waals surface area contributed by atoms with Gasteiger partial charge >= 0.3 is 0 Å². The summed E-state index contributed by atoms with van der Waals surface area (Å²) in [6.45, 7) is 0.235. The molecule has 106 valence electrons. The van der Waals surface area contributed by atoms with E-state index in [-0.39, 0.29) is 12.4 Å². The smallest absolute Gasteiger partial charge is 0.204 e. The molecular weight excluding hydrogens is 295 g/mol. The van der Waals surface area contributed by atoms with Gasteiger partial charge in [0.05, 0.1) is 5.02 Å². The summed E-state index contributed by atoms with van der Waals surface area (Å²) in [6.07, 6.45) is 0. The molecule has 21 heavy (non-hydrogen) atoms. The van der Waals surface area contributed by atoms with Crippen molar-refractivity contribution in [3.8, 4) is 17.1 Å². The molecular formula is C14H10ClFN4O. The van der Waals surface area contributed by atoms with E-state index >= 15 is 0 Å². The summed E-state index contributed by atoms with van der Waals surface area (Å²) in [5.74, 6) is 0.663. The lowest BCUT2D eigenvalue weighted by Gasteiger charge is -2.09. The van der Waals surface area contributed by atoms with Crippen molar-refractivity contribution in [3.05, 3.63) is 58.9 Å². The maximum atomic E-state index is 13.1. The summed E-state index contributed by atoms with van der Waals surface area (Å²) in [4.78, 5) is 0. The molecule has 1 heterocycles. The van der Waals surface area contributed by atoms with E-state index in [1.54, 1.807) is 30.3 Å². The predicted octanol–water partition coefficient (Wildman–Crippen LogP) is 3.24. The van der Waals surface area contributed by atoms with E-state index in [1.807, 2.05) is 0 Å². The maximum absolute atomic E-state index is 13.1. The minimum absolute atomic E-state index is 0.235. The van der Waals surface area contributed by atoms with E-state index in [9.17, 15) is 4.39 Å². The first-order chi connectivity index (χ1) is 10.2. The Morgan fingerprint density at radius 1 is 1.19 bits per heavy atom. The lowest BCUT2D eigenvalue weighted by Crippen LogP contribution is -1.96. The maximum Gasteiger partial charge on any atom is 0.204 e. The van der Waals surface area contributed by atoms with Crippen molar-refractivity contribution >= 4 is 11.6 Å². The van der Waals surface area contributed by atoms with Gasteiger partial charge in [0, 0.05) is 5.56 Å². The number of benzene rings is 2. The summed E-state index contributed by atoms with van der Waals surface area (Å²) >= 11 is 6.16. The van der Waals surface area contributed by atoms with Crippen LogP contribution in [0, 0.1) is 5.82 Å². The highest BCUT2D eigenvalue weighted by molar-refractivity contribution is 6.32. The Hall–Kier alpha value is -2.47. The number of rotatable bonds is 4. The molecule has 0 saturated carbocycles. The average Bonchev–Trinajstić information content (AvgIpc) is 3.00. The van der Waals surface area contributed by atoms with Crippen LogP contribution in [0.3, 0.4) is 0 Å². The quantitative estimate of drug-likeness (QED) is 0.803. The van der Waals surface area contributed by atoms with Crippen molar-refractivity contribution in [2.24, 2.45) is 0 Å². The molecule has 0 radical (unpaired) electrons. The second-order valence-electron chi connectivity index (χ2n) is 4.30. The Bertz CT molecular complexity index is 748. The van der Waals surface area contributed by atoms with Crippen LogP contribution in [0.2, 0.25) is 5.02 Å². The zero-order valence-electron chi connectivity index (χ0n) is 10.8. The van der Waals surface area contributed by atoms with Crippen LogP contribution in [0.5, 0.6) is 5.75 Å². The number of hydrogen-bond donors (Lipinski definition) is 1. The van der Waals surface area contributed by atoms with Gasteiger partial charge in [-0.15, -0.1) is 10.2 Å². The molecule has 0 unspecified atom stereocenters. The van der Waals surface area contributed by atoms with Gasteiger partial charge in [-0.25, -0.2) is 4.39 Å². The Balaban J connectivity index is 1.74. The molecule has 0 amide bonds. The first-order valence-electron chi connectivity index (χ1n) is 6.13. The van der Waals surface area contributed by atoms with Crippen LogP contribution in [0.25, 0.3) is 11.4 Å². The van der Waals surface area contributed by atoms with Gasteiger partial charge in [0.1, 0.15) is 18.2 Å². The number of aromatic nitrogens is 4. The third kappa shape index (κ3) is 3.17. The molecule has 0 aliphatic heterocycles. The fourth-order valence-corrected chi connectivity index (χ4v) is 2.06. The van der Waals surface area contributed by atoms with Gasteiger partial charge in [0.15, 0.2) is 0 Å². The third-order valence-electron chi connectivity index (χ3n) is 2.82. The highest BCUT2D eigenvalue weighted by atomic mass is 35.5. The summed E-state index contributed by atoms with van der Waals surface area (Å²) in [7, 11) is 0. The van der Waals surface area contributed by atoms with Crippen molar-refractivity contribution in [2.75, 3.05) is 0 Å². The second-order valence-corrected chi connectivity index (χ2v) is 4.71. The molecule has 1 N–H and O–H groups in total. The number of aromatic amines is 1. The van der Waals surface area contributed by atoms with Crippen LogP contribution in [-0.2, 0) is 6.61 Å². The largest absolute Gasteiger partial charge is 0.487 e. The highest BCUT2D eigenvalue weighted by Gasteiger charge is 2.08. The number of hydrogen-bond acceptors (Lipinski definition) is 4. The van der Waals surface area contributed by atoms with Gasteiger partial charge < -0.3 is 4.74 Å². The number of H-pyrrole nitrogens is 1. The summed E-state index contributed by atoms with van der Waals surface area (Å²) in [5.41, 5.74) is 1.46. The van der Waals surface area contributed by atoms with Crippen molar-refractivity contribution < 1.29 is 9.13 Å². The van der Waals surface area contributed by atoms with Crippen LogP contribution in [0.4, 0.5) is 4.39 Å². The number of tetrazole rings is 1. The van der Waals surface area contributed by atoms with E-state index in [2.05, 4.69) is 20.6 Å². The molecule has 3 rings (SSSR count). The zero-order valence-corrected chi connectivity index (χ0v) is 11.5. The van der Waals surface area contributed by atoms with E-state index in [4.69, 9.17) is 16.3 Å². The number of nitrogens with one attached hydrogen (secondary N) is 1. The summed E-state index contributed by atoms with van der Waals surface area (Å²) in [5, 5.41) is 14.0. The van der Waals surface area contributed by atoms with Gasteiger partial charge in [0.2, 0.25) is 5.82 Å². The molecule has 0 saturated heterocycles. The fourth-order valence-electron chi connectivity index (χ4n) is 1.83. The van der Waals surface area contributed by atoms with Crippen LogP contribution in [0.1, 0.15) is 5.56 Å². The average molecular weight is 305 g/mol. The number of ether oxygens (including phenoxy) is 1. The molecule has 0 bridgehead atoms. The SMILES string of the molecule is Fc1cccc(COc2ccc(-c3nn[nH]n3)cc2Cl)c1. The van der Waals surface area contributed by atoms with Crippen LogP contribution in [-0.4, -0.2) is 20.6 Å². The molecule has 1 aromatic heterocycles. The molecule has 0 aliphatic rings. The van der Waals surface area contributed by atoms with Crippen LogP contribution >= 0.6 is 11.6 Å². The standard InChI is InChI=1S/C14H10ClFN4O/c15-12-7-10(14-17-19-20-18-14)4-5-13(12)21-8-9-2-1-3-11(16)6-9/h1-7H,8H2,(H,17,18,19,20). The molecule has 7 heteroatoms. The van der Waals surface area contributed by atoms with E-state index < -0.39 is 0 Å². The molecule has 5 nitrogen and oxygen atoms in total. The van der Waals surface area contributed by atoms with Crippen LogP contribution < -0.4 is 4.74 Å². The van der Waals surface area contributed by atoms with Crippen molar-refractivity contribution in [3.63, 3.8) is 0 Å². The van der Waals surface area contributed by atoms with E-state index in [0.29, 0.717) is 16.6 Å². The van der Waals surface area contributed by atoms with E-state index in [0.717, 1.165) is 11.1 Å². The molecule has 3 aromatic rings. The fraction of sp³-hybridized carbons (Fsp3) is 0.0714. The lowest BCUT2D eigenvalue weighted by molar-refractivity contribution is 0.306. The lowest BCUT2D eigenvalue weighted by atomic mass is 10.2. The van der Waals surface area contributed by atoms with Gasteiger partial charge in [0.25, 0.3) is 0 Å². The second kappa shape index (κ2) is 5.88. The number of halogens is 2. The highest BCUT2D eigenvalue weighted by Crippen LogP contribution is 2.29. The molecule has 2 aromatic carbocycles. The number of nitrogens with zero attached hydrogens (tertiary/aromatic N) is 3. The third-order valence-corrected chi connectivity index (χ3v) is 3.11. The Morgan fingerprint density at radius 2 is 2.10 bits per heavy atom. The Kier molecular flexibility index (Phi) is 3.79. The zero-order chi connectivity index (χ0) is 14.7. The summed E-state index contributed by atoms with van der Waals surface area (Å²) < 4.78 is 18.7. The first-order valence-corrected chi connectivity index (χ1v) is 6.51. The minimum Gasteiger partial charge on any atom is -0.487 e. The van der Waals surface area contributed by atoms with E-state index in [1.165, 1.54) is 12.1 Å². The monoisotopic (exact) mass is 304 g/mol. The molecule has 0 fully saturated rings. The van der Waals surface area contributed by atoms with Crippen molar-refractivity contribution in [1.29, 1.82) is 0 Å². The Labute approximate surface area is 124 Å². The molecule has 0 aliphatic carbocycles. The Morgan fingerprint density at radius 3 is 2.81 bits per heavy atom. The topological polar surface area (TPSA) is 63.7 Å². The van der Waals surface area contributed by atoms with Crippen molar-refractivity contribution in [2.45, 2.75) is 6.61 Å². The van der Waals surface area contributed by atoms with Gasteiger partial charge in [-0.05, 0) is 41.1 Å². The minimum atomic E-state index is -0.297. The van der Waals surface area contributed by atoms with Crippen LogP contribution in [0.15, 0.2) is 42.5 Å². The van der Waals surface area contributed by atoms with Crippen molar-refractivity contribution in [1.82, 2.24) is 20.6 Å². The van der Waals surface area contributed by atoms with Gasteiger partial charge in [-0.2, -0.15) is 5.21 Å². The molecule has 0 atom stereocenters. The summed E-state index contributed by atoms with van der Waals surface area (Å²) in [6, 6.07) is 11.4. The first kappa shape index (κ1) is 13.5.